The third-order valence-electron chi connectivity index (χ3n) is 4.60. The first-order valence-electron chi connectivity index (χ1n) is 7.27. The van der Waals surface area contributed by atoms with Crippen LogP contribution in [0.3, 0.4) is 0 Å². The predicted octanol–water partition coefficient (Wildman–Crippen LogP) is 6.47. The molecule has 0 amide bonds. The van der Waals surface area contributed by atoms with E-state index in [1.54, 1.807) is 0 Å². The van der Waals surface area contributed by atoms with Crippen molar-refractivity contribution in [3.8, 4) is 0 Å². The number of alkyl halides is 1. The van der Waals surface area contributed by atoms with Gasteiger partial charge in [-0.05, 0) is 60.6 Å². The second-order valence-electron chi connectivity index (χ2n) is 6.93. The van der Waals surface area contributed by atoms with Crippen molar-refractivity contribution >= 4 is 23.2 Å². The van der Waals surface area contributed by atoms with E-state index in [4.69, 9.17) is 23.2 Å². The molecule has 1 aromatic rings. The molecule has 1 atom stereocenters. The molecule has 0 saturated heterocycles. The van der Waals surface area contributed by atoms with Gasteiger partial charge in [-0.15, -0.1) is 11.6 Å². The molecular formula is C17H24Cl2. The maximum Gasteiger partial charge on any atom is 0.0613 e. The van der Waals surface area contributed by atoms with Crippen LogP contribution in [0.2, 0.25) is 5.02 Å². The molecule has 1 unspecified atom stereocenters. The molecule has 1 aromatic carbocycles. The topological polar surface area (TPSA) is 0 Å². The molecular weight excluding hydrogens is 275 g/mol. The van der Waals surface area contributed by atoms with Crippen molar-refractivity contribution in [3.63, 3.8) is 0 Å². The molecule has 0 N–H and O–H groups in total. The lowest BCUT2D eigenvalue weighted by molar-refractivity contribution is 0.148. The van der Waals surface area contributed by atoms with Crippen molar-refractivity contribution in [2.24, 2.45) is 17.3 Å². The lowest BCUT2D eigenvalue weighted by Crippen LogP contribution is -2.27. The van der Waals surface area contributed by atoms with E-state index in [0.717, 1.165) is 10.9 Å². The van der Waals surface area contributed by atoms with E-state index in [0.29, 0.717) is 11.3 Å². The van der Waals surface area contributed by atoms with Crippen molar-refractivity contribution in [3.05, 3.63) is 34.9 Å². The molecule has 106 valence electrons. The Balaban J connectivity index is 1.96. The minimum absolute atomic E-state index is 0.137. The highest BCUT2D eigenvalue weighted by atomic mass is 35.5. The molecule has 1 aliphatic rings. The van der Waals surface area contributed by atoms with Crippen LogP contribution in [-0.2, 0) is 0 Å². The van der Waals surface area contributed by atoms with Crippen molar-refractivity contribution in [2.75, 3.05) is 0 Å². The summed E-state index contributed by atoms with van der Waals surface area (Å²) in [5.74, 6) is 1.46. The van der Waals surface area contributed by atoms with Gasteiger partial charge in [0.25, 0.3) is 0 Å². The predicted molar refractivity (Wildman–Crippen MR) is 84.9 cm³/mol. The molecule has 1 aliphatic carbocycles. The highest BCUT2D eigenvalue weighted by Gasteiger charge is 2.32. The fraction of sp³-hybridized carbons (Fsp3) is 0.647. The number of hydrogen-bond donors (Lipinski definition) is 0. The van der Waals surface area contributed by atoms with Gasteiger partial charge < -0.3 is 0 Å². The van der Waals surface area contributed by atoms with Crippen LogP contribution in [0, 0.1) is 17.3 Å². The van der Waals surface area contributed by atoms with Crippen molar-refractivity contribution in [2.45, 2.75) is 51.8 Å². The zero-order valence-electron chi connectivity index (χ0n) is 12.1. The molecule has 0 heterocycles. The Hall–Kier alpha value is -0.200. The zero-order chi connectivity index (χ0) is 14.0. The Bertz CT molecular complexity index is 394. The highest BCUT2D eigenvalue weighted by molar-refractivity contribution is 6.30. The minimum Gasteiger partial charge on any atom is -0.118 e. The van der Waals surface area contributed by atoms with Gasteiger partial charge in [0.1, 0.15) is 0 Å². The van der Waals surface area contributed by atoms with Gasteiger partial charge in [-0.1, -0.05) is 44.5 Å². The summed E-state index contributed by atoms with van der Waals surface area (Å²) >= 11 is 12.6. The van der Waals surface area contributed by atoms with Crippen LogP contribution in [-0.4, -0.2) is 0 Å². The van der Waals surface area contributed by atoms with Crippen LogP contribution in [0.15, 0.2) is 24.3 Å². The maximum atomic E-state index is 6.66. The smallest absolute Gasteiger partial charge is 0.0613 e. The van der Waals surface area contributed by atoms with Gasteiger partial charge in [-0.3, -0.25) is 0 Å². The normalized spacial score (nSPS) is 26.2. The van der Waals surface area contributed by atoms with Crippen LogP contribution in [0.1, 0.15) is 57.4 Å². The molecule has 0 aromatic heterocycles. The highest BCUT2D eigenvalue weighted by Crippen LogP contribution is 2.45. The molecule has 0 nitrogen and oxygen atoms in total. The van der Waals surface area contributed by atoms with Gasteiger partial charge in [0.05, 0.1) is 5.38 Å². The number of rotatable bonds is 2. The largest absolute Gasteiger partial charge is 0.118 e. The lowest BCUT2D eigenvalue weighted by Gasteiger charge is -2.38. The Labute approximate surface area is 127 Å². The van der Waals surface area contributed by atoms with Gasteiger partial charge in [-0.2, -0.15) is 0 Å². The van der Waals surface area contributed by atoms with Gasteiger partial charge in [-0.25, -0.2) is 0 Å². The monoisotopic (exact) mass is 298 g/mol. The molecule has 2 heteroatoms. The summed E-state index contributed by atoms with van der Waals surface area (Å²) in [4.78, 5) is 0. The summed E-state index contributed by atoms with van der Waals surface area (Å²) in [5, 5.41) is 0.919. The van der Waals surface area contributed by atoms with E-state index in [1.807, 2.05) is 12.1 Å². The first-order chi connectivity index (χ1) is 8.88. The van der Waals surface area contributed by atoms with Gasteiger partial charge >= 0.3 is 0 Å². The molecule has 0 bridgehead atoms. The lowest BCUT2D eigenvalue weighted by atomic mass is 9.69. The number of benzene rings is 1. The molecule has 19 heavy (non-hydrogen) atoms. The third-order valence-corrected chi connectivity index (χ3v) is 5.46. The molecule has 1 fully saturated rings. The summed E-state index contributed by atoms with van der Waals surface area (Å²) in [6, 6.07) is 8.01. The Morgan fingerprint density at radius 1 is 1.00 bits per heavy atom. The summed E-state index contributed by atoms with van der Waals surface area (Å²) in [7, 11) is 0. The Kier molecular flexibility index (Phi) is 4.84. The molecule has 0 spiro atoms. The van der Waals surface area contributed by atoms with E-state index >= 15 is 0 Å². The van der Waals surface area contributed by atoms with Crippen LogP contribution < -0.4 is 0 Å². The quantitative estimate of drug-likeness (QED) is 0.549. The summed E-state index contributed by atoms with van der Waals surface area (Å²) in [6.45, 7) is 7.07. The minimum atomic E-state index is 0.137. The molecule has 1 saturated carbocycles. The Morgan fingerprint density at radius 3 is 2.00 bits per heavy atom. The van der Waals surface area contributed by atoms with E-state index in [9.17, 15) is 0 Å². The third kappa shape index (κ3) is 3.89. The summed E-state index contributed by atoms with van der Waals surface area (Å²) in [5.41, 5.74) is 1.65. The second kappa shape index (κ2) is 6.06. The molecule has 2 rings (SSSR count). The fourth-order valence-electron chi connectivity index (χ4n) is 3.20. The first-order valence-corrected chi connectivity index (χ1v) is 8.09. The van der Waals surface area contributed by atoms with Gasteiger partial charge in [0.2, 0.25) is 0 Å². The summed E-state index contributed by atoms with van der Waals surface area (Å²) < 4.78 is 0. The van der Waals surface area contributed by atoms with E-state index < -0.39 is 0 Å². The van der Waals surface area contributed by atoms with E-state index in [1.165, 1.54) is 31.2 Å². The van der Waals surface area contributed by atoms with Crippen LogP contribution in [0.25, 0.3) is 0 Å². The van der Waals surface area contributed by atoms with Crippen molar-refractivity contribution in [1.82, 2.24) is 0 Å². The Morgan fingerprint density at radius 2 is 1.53 bits per heavy atom. The average molecular weight is 299 g/mol. The number of halogens is 2. The first kappa shape index (κ1) is 15.2. The molecule has 0 radical (unpaired) electrons. The van der Waals surface area contributed by atoms with Crippen LogP contribution >= 0.6 is 23.2 Å². The summed E-state index contributed by atoms with van der Waals surface area (Å²) in [6.07, 6.45) is 5.12. The average Bonchev–Trinajstić information content (AvgIpc) is 2.38. The SMILES string of the molecule is CC(C)(C)C1CCC(C(Cl)c2ccc(Cl)cc2)CC1. The van der Waals surface area contributed by atoms with E-state index in [-0.39, 0.29) is 5.38 Å². The number of hydrogen-bond acceptors (Lipinski definition) is 0. The van der Waals surface area contributed by atoms with Crippen molar-refractivity contribution < 1.29 is 0 Å². The van der Waals surface area contributed by atoms with E-state index in [2.05, 4.69) is 32.9 Å². The molecule has 0 aliphatic heterocycles. The standard InChI is InChI=1S/C17H24Cl2/c1-17(2,3)14-8-4-12(5-9-14)16(19)13-6-10-15(18)11-7-13/h6-7,10-12,14,16H,4-5,8-9H2,1-3H3. The zero-order valence-corrected chi connectivity index (χ0v) is 13.6. The van der Waals surface area contributed by atoms with Gasteiger partial charge in [0, 0.05) is 5.02 Å². The maximum absolute atomic E-state index is 6.66. The van der Waals surface area contributed by atoms with Crippen LogP contribution in [0.5, 0.6) is 0 Å². The van der Waals surface area contributed by atoms with Crippen molar-refractivity contribution in [1.29, 1.82) is 0 Å². The van der Waals surface area contributed by atoms with Gasteiger partial charge in [0.15, 0.2) is 0 Å². The van der Waals surface area contributed by atoms with Crippen LogP contribution in [0.4, 0.5) is 0 Å². The fourth-order valence-corrected chi connectivity index (χ4v) is 3.72. The second-order valence-corrected chi connectivity index (χ2v) is 7.84.